The zero-order valence-corrected chi connectivity index (χ0v) is 14.9. The van der Waals surface area contributed by atoms with Gasteiger partial charge in [0.15, 0.2) is 0 Å². The molecule has 3 nitrogen and oxygen atoms in total. The van der Waals surface area contributed by atoms with E-state index in [2.05, 4.69) is 57.2 Å². The summed E-state index contributed by atoms with van der Waals surface area (Å²) in [7, 11) is 0. The van der Waals surface area contributed by atoms with Crippen molar-refractivity contribution < 1.29 is 14.7 Å². The molecule has 2 N–H and O–H groups in total. The van der Waals surface area contributed by atoms with Crippen LogP contribution in [0.4, 0.5) is 0 Å². The number of aryl methyl sites for hydroxylation is 2. The molecule has 2 aromatic carbocycles. The standard InChI is InChI=1S/C21H27NO2/c1-15-10-16(2)17(3)21(11-15)24-14-20(23)13-22-9-8-18-6-4-5-7-19(18)12-22/h4-7,10-11,20,23H,8-9,12-14H2,1-3H3/p+1/t20-/m0/s1. The summed E-state index contributed by atoms with van der Waals surface area (Å²) in [5.41, 5.74) is 6.46. The van der Waals surface area contributed by atoms with Crippen molar-refractivity contribution in [3.05, 3.63) is 64.2 Å². The van der Waals surface area contributed by atoms with E-state index in [1.807, 2.05) is 0 Å². The van der Waals surface area contributed by atoms with Crippen molar-refractivity contribution in [3.63, 3.8) is 0 Å². The van der Waals surface area contributed by atoms with Gasteiger partial charge in [-0.25, -0.2) is 0 Å². The minimum absolute atomic E-state index is 0.356. The molecule has 0 amide bonds. The molecule has 2 atom stereocenters. The second kappa shape index (κ2) is 7.37. The van der Waals surface area contributed by atoms with Crippen LogP contribution in [-0.2, 0) is 13.0 Å². The van der Waals surface area contributed by atoms with Gasteiger partial charge in [-0.1, -0.05) is 30.3 Å². The number of rotatable bonds is 5. The Morgan fingerprint density at radius 2 is 1.88 bits per heavy atom. The molecule has 2 aromatic rings. The number of hydrogen-bond donors (Lipinski definition) is 2. The Morgan fingerprint density at radius 3 is 2.67 bits per heavy atom. The molecular formula is C21H28NO2+. The third-order valence-electron chi connectivity index (χ3n) is 5.03. The smallest absolute Gasteiger partial charge is 0.137 e. The largest absolute Gasteiger partial charge is 0.490 e. The van der Waals surface area contributed by atoms with Gasteiger partial charge < -0.3 is 14.7 Å². The van der Waals surface area contributed by atoms with Crippen LogP contribution in [0.25, 0.3) is 0 Å². The molecule has 128 valence electrons. The van der Waals surface area contributed by atoms with Gasteiger partial charge in [0.25, 0.3) is 0 Å². The van der Waals surface area contributed by atoms with Crippen molar-refractivity contribution in [1.29, 1.82) is 0 Å². The normalized spacial score (nSPS) is 18.1. The Kier molecular flexibility index (Phi) is 5.22. The maximum Gasteiger partial charge on any atom is 0.137 e. The van der Waals surface area contributed by atoms with E-state index < -0.39 is 6.10 Å². The van der Waals surface area contributed by atoms with Gasteiger partial charge in [0.05, 0.1) is 6.54 Å². The number of benzene rings is 2. The molecule has 24 heavy (non-hydrogen) atoms. The van der Waals surface area contributed by atoms with Crippen LogP contribution in [0.3, 0.4) is 0 Å². The van der Waals surface area contributed by atoms with Crippen molar-refractivity contribution >= 4 is 0 Å². The molecule has 0 saturated carbocycles. The monoisotopic (exact) mass is 326 g/mol. The second-order valence-electron chi connectivity index (χ2n) is 7.07. The van der Waals surface area contributed by atoms with Crippen LogP contribution >= 0.6 is 0 Å². The Bertz CT molecular complexity index is 711. The van der Waals surface area contributed by atoms with Gasteiger partial charge in [-0.05, 0) is 49.1 Å². The van der Waals surface area contributed by atoms with E-state index in [-0.39, 0.29) is 0 Å². The average molecular weight is 326 g/mol. The number of ether oxygens (including phenoxy) is 1. The molecule has 0 fully saturated rings. The molecule has 0 saturated heterocycles. The fraction of sp³-hybridized carbons (Fsp3) is 0.429. The first-order valence-electron chi connectivity index (χ1n) is 8.82. The number of aliphatic hydroxyl groups excluding tert-OH is 1. The summed E-state index contributed by atoms with van der Waals surface area (Å²) in [4.78, 5) is 1.43. The van der Waals surface area contributed by atoms with E-state index in [1.54, 1.807) is 0 Å². The zero-order chi connectivity index (χ0) is 17.1. The minimum atomic E-state index is -0.439. The molecule has 0 aromatic heterocycles. The molecule has 0 spiro atoms. The second-order valence-corrected chi connectivity index (χ2v) is 7.07. The predicted molar refractivity (Wildman–Crippen MR) is 96.7 cm³/mol. The number of aliphatic hydroxyl groups is 1. The maximum absolute atomic E-state index is 10.4. The summed E-state index contributed by atoms with van der Waals surface area (Å²) >= 11 is 0. The third-order valence-corrected chi connectivity index (χ3v) is 5.03. The van der Waals surface area contributed by atoms with E-state index >= 15 is 0 Å². The SMILES string of the molecule is Cc1cc(C)c(C)c(OC[C@@H](O)C[NH+]2CCc3ccccc3C2)c1. The zero-order valence-electron chi connectivity index (χ0n) is 14.9. The van der Waals surface area contributed by atoms with Crippen LogP contribution in [0.2, 0.25) is 0 Å². The van der Waals surface area contributed by atoms with Gasteiger partial charge in [-0.15, -0.1) is 0 Å². The highest BCUT2D eigenvalue weighted by molar-refractivity contribution is 5.41. The van der Waals surface area contributed by atoms with Gasteiger partial charge in [-0.3, -0.25) is 0 Å². The predicted octanol–water partition coefficient (Wildman–Crippen LogP) is 1.99. The Labute approximate surface area is 144 Å². The lowest BCUT2D eigenvalue weighted by molar-refractivity contribution is -0.918. The van der Waals surface area contributed by atoms with Crippen molar-refractivity contribution in [3.8, 4) is 5.75 Å². The quantitative estimate of drug-likeness (QED) is 0.881. The van der Waals surface area contributed by atoms with Crippen LogP contribution in [0, 0.1) is 20.8 Å². The highest BCUT2D eigenvalue weighted by Gasteiger charge is 2.22. The molecule has 1 heterocycles. The van der Waals surface area contributed by atoms with Crippen LogP contribution in [0.1, 0.15) is 27.8 Å². The fourth-order valence-corrected chi connectivity index (χ4v) is 3.55. The van der Waals surface area contributed by atoms with E-state index in [9.17, 15) is 5.11 Å². The number of hydrogen-bond acceptors (Lipinski definition) is 2. The summed E-state index contributed by atoms with van der Waals surface area (Å²) < 4.78 is 5.91. The summed E-state index contributed by atoms with van der Waals surface area (Å²) in [6.45, 7) is 9.41. The molecule has 1 unspecified atom stereocenters. The van der Waals surface area contributed by atoms with E-state index in [4.69, 9.17) is 4.74 Å². The van der Waals surface area contributed by atoms with E-state index in [0.29, 0.717) is 6.61 Å². The van der Waals surface area contributed by atoms with Crippen LogP contribution in [0.5, 0.6) is 5.75 Å². The van der Waals surface area contributed by atoms with Crippen LogP contribution in [0.15, 0.2) is 36.4 Å². The van der Waals surface area contributed by atoms with Crippen molar-refractivity contribution in [1.82, 2.24) is 0 Å². The van der Waals surface area contributed by atoms with Gasteiger partial charge in [0.1, 0.15) is 31.5 Å². The Hall–Kier alpha value is -1.84. The Balaban J connectivity index is 1.54. The summed E-state index contributed by atoms with van der Waals surface area (Å²) in [6, 6.07) is 12.8. The Morgan fingerprint density at radius 1 is 1.12 bits per heavy atom. The number of fused-ring (bicyclic) bond motifs is 1. The van der Waals surface area contributed by atoms with Gasteiger partial charge in [-0.2, -0.15) is 0 Å². The maximum atomic E-state index is 10.4. The highest BCUT2D eigenvalue weighted by atomic mass is 16.5. The molecule has 3 heteroatoms. The fourth-order valence-electron chi connectivity index (χ4n) is 3.55. The van der Waals surface area contributed by atoms with Crippen LogP contribution < -0.4 is 9.64 Å². The third kappa shape index (κ3) is 3.97. The highest BCUT2D eigenvalue weighted by Crippen LogP contribution is 2.23. The molecule has 0 aliphatic carbocycles. The summed E-state index contributed by atoms with van der Waals surface area (Å²) in [6.07, 6.45) is 0.653. The van der Waals surface area contributed by atoms with E-state index in [0.717, 1.165) is 37.4 Å². The number of quaternary nitrogens is 1. The molecule has 1 aliphatic rings. The first-order chi connectivity index (χ1) is 11.5. The summed E-state index contributed by atoms with van der Waals surface area (Å²) in [5.74, 6) is 0.894. The molecule has 1 aliphatic heterocycles. The topological polar surface area (TPSA) is 33.9 Å². The summed E-state index contributed by atoms with van der Waals surface area (Å²) in [5, 5.41) is 10.4. The lowest BCUT2D eigenvalue weighted by Crippen LogP contribution is -3.13. The molecule has 0 bridgehead atoms. The van der Waals surface area contributed by atoms with Crippen LogP contribution in [-0.4, -0.2) is 30.9 Å². The first kappa shape index (κ1) is 17.0. The minimum Gasteiger partial charge on any atom is -0.490 e. The number of nitrogens with one attached hydrogen (secondary N) is 1. The van der Waals surface area contributed by atoms with Crippen molar-refractivity contribution in [2.24, 2.45) is 0 Å². The lowest BCUT2D eigenvalue weighted by atomic mass is 10.00. The average Bonchev–Trinajstić information content (AvgIpc) is 2.56. The van der Waals surface area contributed by atoms with Gasteiger partial charge >= 0.3 is 0 Å². The van der Waals surface area contributed by atoms with Crippen molar-refractivity contribution in [2.75, 3.05) is 19.7 Å². The van der Waals surface area contributed by atoms with Gasteiger partial charge in [0.2, 0.25) is 0 Å². The van der Waals surface area contributed by atoms with Gasteiger partial charge in [0, 0.05) is 12.0 Å². The molecule has 0 radical (unpaired) electrons. The van der Waals surface area contributed by atoms with E-state index in [1.165, 1.54) is 27.2 Å². The first-order valence-corrected chi connectivity index (χ1v) is 8.82. The molecular weight excluding hydrogens is 298 g/mol. The lowest BCUT2D eigenvalue weighted by Gasteiger charge is -2.27. The van der Waals surface area contributed by atoms with Crippen molar-refractivity contribution in [2.45, 2.75) is 39.8 Å². The molecule has 3 rings (SSSR count).